The maximum absolute atomic E-state index is 12.8. The van der Waals surface area contributed by atoms with Crippen molar-refractivity contribution in [2.24, 2.45) is 0 Å². The zero-order valence-corrected chi connectivity index (χ0v) is 11.0. The van der Waals surface area contributed by atoms with E-state index in [1.165, 1.54) is 19.1 Å². The molecular formula is C16H14FNO2. The van der Waals surface area contributed by atoms with Gasteiger partial charge in [-0.2, -0.15) is 0 Å². The summed E-state index contributed by atoms with van der Waals surface area (Å²) in [5.41, 5.74) is 1.97. The van der Waals surface area contributed by atoms with Crippen LogP contribution in [0.25, 0.3) is 0 Å². The topological polar surface area (TPSA) is 46.2 Å². The van der Waals surface area contributed by atoms with Crippen LogP contribution in [0.1, 0.15) is 22.8 Å². The number of hydrogen-bond acceptors (Lipinski definition) is 2. The first kappa shape index (κ1) is 13.9. The van der Waals surface area contributed by atoms with Gasteiger partial charge in [0.1, 0.15) is 5.82 Å². The van der Waals surface area contributed by atoms with Crippen molar-refractivity contribution in [3.8, 4) is 0 Å². The monoisotopic (exact) mass is 271 g/mol. The Hall–Kier alpha value is -2.49. The molecule has 0 aliphatic carbocycles. The van der Waals surface area contributed by atoms with Gasteiger partial charge in [0.2, 0.25) is 5.91 Å². The minimum Gasteiger partial charge on any atom is -0.326 e. The fourth-order valence-corrected chi connectivity index (χ4v) is 1.83. The maximum atomic E-state index is 12.8. The summed E-state index contributed by atoms with van der Waals surface area (Å²) < 4.78 is 12.8. The molecule has 1 N–H and O–H groups in total. The summed E-state index contributed by atoms with van der Waals surface area (Å²) in [5, 5.41) is 2.63. The molecule has 2 aromatic rings. The van der Waals surface area contributed by atoms with Gasteiger partial charge in [0.05, 0.1) is 0 Å². The SMILES string of the molecule is CC(=O)Nc1ccc(C(=O)Cc2ccc(F)cc2)cc1. The Bertz CT molecular complexity index is 618. The van der Waals surface area contributed by atoms with Crippen molar-refractivity contribution >= 4 is 17.4 Å². The van der Waals surface area contributed by atoms with Crippen molar-refractivity contribution in [1.29, 1.82) is 0 Å². The van der Waals surface area contributed by atoms with Crippen LogP contribution in [0.15, 0.2) is 48.5 Å². The van der Waals surface area contributed by atoms with Crippen LogP contribution in [-0.2, 0) is 11.2 Å². The Morgan fingerprint density at radius 2 is 1.60 bits per heavy atom. The summed E-state index contributed by atoms with van der Waals surface area (Å²) >= 11 is 0. The van der Waals surface area contributed by atoms with E-state index < -0.39 is 0 Å². The maximum Gasteiger partial charge on any atom is 0.221 e. The van der Waals surface area contributed by atoms with Crippen molar-refractivity contribution in [1.82, 2.24) is 0 Å². The smallest absolute Gasteiger partial charge is 0.221 e. The first-order valence-corrected chi connectivity index (χ1v) is 6.20. The summed E-state index contributed by atoms with van der Waals surface area (Å²) in [5.74, 6) is -0.526. The molecule has 4 heteroatoms. The van der Waals surface area contributed by atoms with Crippen LogP contribution in [0.5, 0.6) is 0 Å². The van der Waals surface area contributed by atoms with Crippen LogP contribution in [0.4, 0.5) is 10.1 Å². The van der Waals surface area contributed by atoms with Gasteiger partial charge in [0.25, 0.3) is 0 Å². The number of anilines is 1. The fraction of sp³-hybridized carbons (Fsp3) is 0.125. The lowest BCUT2D eigenvalue weighted by Gasteiger charge is -2.04. The molecule has 102 valence electrons. The van der Waals surface area contributed by atoms with Crippen molar-refractivity contribution in [2.45, 2.75) is 13.3 Å². The number of benzene rings is 2. The molecule has 0 aliphatic heterocycles. The molecule has 0 radical (unpaired) electrons. The fourth-order valence-electron chi connectivity index (χ4n) is 1.83. The van der Waals surface area contributed by atoms with Gasteiger partial charge in [0.15, 0.2) is 5.78 Å². The van der Waals surface area contributed by atoms with Gasteiger partial charge in [-0.05, 0) is 42.0 Å². The first-order chi connectivity index (χ1) is 9.54. The lowest BCUT2D eigenvalue weighted by Crippen LogP contribution is -2.07. The van der Waals surface area contributed by atoms with Crippen molar-refractivity contribution < 1.29 is 14.0 Å². The number of halogens is 1. The Kier molecular flexibility index (Phi) is 4.25. The summed E-state index contributed by atoms with van der Waals surface area (Å²) in [6.45, 7) is 1.42. The van der Waals surface area contributed by atoms with E-state index in [1.807, 2.05) is 0 Å². The highest BCUT2D eigenvalue weighted by atomic mass is 19.1. The number of ketones is 1. The van der Waals surface area contributed by atoms with Crippen molar-refractivity contribution in [3.05, 3.63) is 65.5 Å². The van der Waals surface area contributed by atoms with Gasteiger partial charge >= 0.3 is 0 Å². The minimum absolute atomic E-state index is 0.0500. The van der Waals surface area contributed by atoms with E-state index in [0.29, 0.717) is 11.3 Å². The van der Waals surface area contributed by atoms with E-state index in [2.05, 4.69) is 5.32 Å². The summed E-state index contributed by atoms with van der Waals surface area (Å²) in [7, 11) is 0. The van der Waals surface area contributed by atoms with E-state index in [9.17, 15) is 14.0 Å². The highest BCUT2D eigenvalue weighted by molar-refractivity contribution is 5.98. The average Bonchev–Trinajstić information content (AvgIpc) is 2.41. The number of hydrogen-bond donors (Lipinski definition) is 1. The number of carbonyl (C=O) groups excluding carboxylic acids is 2. The third-order valence-corrected chi connectivity index (χ3v) is 2.81. The zero-order valence-electron chi connectivity index (χ0n) is 11.0. The van der Waals surface area contributed by atoms with E-state index in [4.69, 9.17) is 0 Å². The second kappa shape index (κ2) is 6.10. The third kappa shape index (κ3) is 3.75. The Labute approximate surface area is 116 Å². The molecule has 0 saturated heterocycles. The standard InChI is InChI=1S/C16H14FNO2/c1-11(19)18-15-8-4-13(5-9-15)16(20)10-12-2-6-14(17)7-3-12/h2-9H,10H2,1H3,(H,18,19). The van der Waals surface area contributed by atoms with E-state index in [-0.39, 0.29) is 23.9 Å². The lowest BCUT2D eigenvalue weighted by atomic mass is 10.0. The molecule has 0 unspecified atom stereocenters. The van der Waals surface area contributed by atoms with Crippen molar-refractivity contribution in [2.75, 3.05) is 5.32 Å². The highest BCUT2D eigenvalue weighted by Crippen LogP contribution is 2.13. The Morgan fingerprint density at radius 3 is 2.15 bits per heavy atom. The normalized spacial score (nSPS) is 10.1. The molecule has 0 aromatic heterocycles. The molecular weight excluding hydrogens is 257 g/mol. The number of nitrogens with one attached hydrogen (secondary N) is 1. The summed E-state index contributed by atoms with van der Waals surface area (Å²) in [6, 6.07) is 12.6. The second-order valence-corrected chi connectivity index (χ2v) is 4.48. The first-order valence-electron chi connectivity index (χ1n) is 6.20. The molecule has 0 spiro atoms. The van der Waals surface area contributed by atoms with Gasteiger partial charge < -0.3 is 5.32 Å². The number of amides is 1. The molecule has 2 rings (SSSR count). The molecule has 0 heterocycles. The molecule has 0 fully saturated rings. The van der Waals surface area contributed by atoms with Crippen molar-refractivity contribution in [3.63, 3.8) is 0 Å². The summed E-state index contributed by atoms with van der Waals surface area (Å²) in [6.07, 6.45) is 0.222. The molecule has 20 heavy (non-hydrogen) atoms. The molecule has 2 aromatic carbocycles. The van der Waals surface area contributed by atoms with Gasteiger partial charge in [-0.1, -0.05) is 12.1 Å². The Morgan fingerprint density at radius 1 is 1.00 bits per heavy atom. The van der Waals surface area contributed by atoms with Crippen LogP contribution >= 0.6 is 0 Å². The van der Waals surface area contributed by atoms with Crippen LogP contribution in [-0.4, -0.2) is 11.7 Å². The second-order valence-electron chi connectivity index (χ2n) is 4.48. The van der Waals surface area contributed by atoms with Crippen LogP contribution in [0.3, 0.4) is 0 Å². The minimum atomic E-state index is -0.319. The van der Waals surface area contributed by atoms with E-state index >= 15 is 0 Å². The number of Topliss-reactive ketones (excluding diaryl/α,β-unsaturated/α-hetero) is 1. The van der Waals surface area contributed by atoms with Crippen LogP contribution < -0.4 is 5.32 Å². The van der Waals surface area contributed by atoms with E-state index in [0.717, 1.165) is 5.56 Å². The van der Waals surface area contributed by atoms with Gasteiger partial charge in [-0.15, -0.1) is 0 Å². The van der Waals surface area contributed by atoms with Gasteiger partial charge in [-0.3, -0.25) is 9.59 Å². The molecule has 0 saturated carbocycles. The molecule has 0 aliphatic rings. The predicted octanol–water partition coefficient (Wildman–Crippen LogP) is 3.21. The predicted molar refractivity (Wildman–Crippen MR) is 75.2 cm³/mol. The quantitative estimate of drug-likeness (QED) is 0.868. The number of rotatable bonds is 4. The van der Waals surface area contributed by atoms with E-state index in [1.54, 1.807) is 36.4 Å². The third-order valence-electron chi connectivity index (χ3n) is 2.81. The molecule has 1 amide bonds. The Balaban J connectivity index is 2.05. The zero-order chi connectivity index (χ0) is 14.5. The molecule has 0 bridgehead atoms. The summed E-state index contributed by atoms with van der Waals surface area (Å²) in [4.78, 5) is 22.9. The lowest BCUT2D eigenvalue weighted by molar-refractivity contribution is -0.114. The average molecular weight is 271 g/mol. The van der Waals surface area contributed by atoms with Gasteiger partial charge in [0, 0.05) is 24.6 Å². The van der Waals surface area contributed by atoms with Crippen LogP contribution in [0.2, 0.25) is 0 Å². The molecule has 0 atom stereocenters. The van der Waals surface area contributed by atoms with Gasteiger partial charge in [-0.25, -0.2) is 4.39 Å². The number of carbonyl (C=O) groups is 2. The molecule has 3 nitrogen and oxygen atoms in total. The largest absolute Gasteiger partial charge is 0.326 e. The highest BCUT2D eigenvalue weighted by Gasteiger charge is 2.07. The van der Waals surface area contributed by atoms with Crippen LogP contribution in [0, 0.1) is 5.82 Å².